The van der Waals surface area contributed by atoms with Crippen LogP contribution < -0.4 is 5.73 Å². The van der Waals surface area contributed by atoms with Crippen LogP contribution in [-0.4, -0.2) is 31.2 Å². The molecule has 1 aliphatic heterocycles. The summed E-state index contributed by atoms with van der Waals surface area (Å²) < 4.78 is 11.8. The highest BCUT2D eigenvalue weighted by atomic mass is 16.7. The van der Waals surface area contributed by atoms with Gasteiger partial charge in [-0.1, -0.05) is 44.2 Å². The van der Waals surface area contributed by atoms with Crippen molar-refractivity contribution < 1.29 is 14.3 Å². The van der Waals surface area contributed by atoms with Crippen LogP contribution in [0.4, 0.5) is 4.79 Å². The average molecular weight is 264 g/mol. The third kappa shape index (κ3) is 2.57. The van der Waals surface area contributed by atoms with Crippen LogP contribution in [-0.2, 0) is 15.4 Å². The van der Waals surface area contributed by atoms with E-state index in [0.717, 1.165) is 5.56 Å². The lowest BCUT2D eigenvalue weighted by Crippen LogP contribution is -2.57. The van der Waals surface area contributed by atoms with Gasteiger partial charge in [0.2, 0.25) is 0 Å². The lowest BCUT2D eigenvalue weighted by molar-refractivity contribution is -0.358. The average Bonchev–Trinajstić information content (AvgIpc) is 2.39. The fourth-order valence-corrected chi connectivity index (χ4v) is 2.02. The van der Waals surface area contributed by atoms with Crippen molar-refractivity contribution in [3.05, 3.63) is 35.9 Å². The normalized spacial score (nSPS) is 20.8. The van der Waals surface area contributed by atoms with Crippen LogP contribution in [0.5, 0.6) is 0 Å². The quantitative estimate of drug-likeness (QED) is 0.887. The minimum Gasteiger partial charge on any atom is -0.351 e. The maximum atomic E-state index is 11.5. The molecule has 104 valence electrons. The van der Waals surface area contributed by atoms with Crippen LogP contribution in [0, 0.1) is 5.41 Å². The summed E-state index contributed by atoms with van der Waals surface area (Å²) in [5.41, 5.74) is 6.05. The van der Waals surface area contributed by atoms with Crippen LogP contribution >= 0.6 is 0 Å². The minimum atomic E-state index is -1.23. The van der Waals surface area contributed by atoms with E-state index in [9.17, 15) is 4.79 Å². The van der Waals surface area contributed by atoms with E-state index in [1.807, 2.05) is 44.2 Å². The van der Waals surface area contributed by atoms with E-state index in [1.165, 1.54) is 4.90 Å². The van der Waals surface area contributed by atoms with Crippen LogP contribution in [0.3, 0.4) is 0 Å². The largest absolute Gasteiger partial charge is 0.351 e. The van der Waals surface area contributed by atoms with Crippen molar-refractivity contribution in [2.45, 2.75) is 19.8 Å². The Kier molecular flexibility index (Phi) is 3.52. The second-order valence-corrected chi connectivity index (χ2v) is 5.59. The standard InChI is InChI=1S/C14H20N2O3/c1-13(2)9-18-14(19-10-13,16(3)12(15)17)11-7-5-4-6-8-11/h4-8H,9-10H2,1-3H3,(H2,15,17). The summed E-state index contributed by atoms with van der Waals surface area (Å²) in [5.74, 6) is -1.23. The number of amides is 2. The number of rotatable bonds is 2. The number of carbonyl (C=O) groups is 1. The number of nitrogens with zero attached hydrogens (tertiary/aromatic N) is 1. The summed E-state index contributed by atoms with van der Waals surface area (Å²) in [4.78, 5) is 12.8. The van der Waals surface area contributed by atoms with Gasteiger partial charge in [-0.25, -0.2) is 4.79 Å². The minimum absolute atomic E-state index is 0.0865. The van der Waals surface area contributed by atoms with Crippen LogP contribution in [0.2, 0.25) is 0 Å². The summed E-state index contributed by atoms with van der Waals surface area (Å²) in [6.07, 6.45) is 0. The number of ether oxygens (including phenoxy) is 2. The van der Waals surface area contributed by atoms with Crippen molar-refractivity contribution in [3.8, 4) is 0 Å². The van der Waals surface area contributed by atoms with Gasteiger partial charge in [0, 0.05) is 18.0 Å². The smallest absolute Gasteiger partial charge is 0.318 e. The second-order valence-electron chi connectivity index (χ2n) is 5.59. The van der Waals surface area contributed by atoms with Gasteiger partial charge in [-0.05, 0) is 0 Å². The molecule has 0 bridgehead atoms. The first-order valence-electron chi connectivity index (χ1n) is 6.24. The Balaban J connectivity index is 2.38. The van der Waals surface area contributed by atoms with Crippen molar-refractivity contribution in [3.63, 3.8) is 0 Å². The first-order chi connectivity index (χ1) is 8.87. The zero-order valence-corrected chi connectivity index (χ0v) is 11.6. The van der Waals surface area contributed by atoms with E-state index in [-0.39, 0.29) is 5.41 Å². The Morgan fingerprint density at radius 3 is 2.21 bits per heavy atom. The van der Waals surface area contributed by atoms with Crippen LogP contribution in [0.15, 0.2) is 30.3 Å². The molecule has 1 fully saturated rings. The maximum absolute atomic E-state index is 11.5. The van der Waals surface area contributed by atoms with E-state index >= 15 is 0 Å². The van der Waals surface area contributed by atoms with E-state index in [0.29, 0.717) is 13.2 Å². The highest BCUT2D eigenvalue weighted by molar-refractivity contribution is 5.72. The Morgan fingerprint density at radius 2 is 1.74 bits per heavy atom. The second kappa shape index (κ2) is 4.83. The maximum Gasteiger partial charge on any atom is 0.318 e. The van der Waals surface area contributed by atoms with Crippen molar-refractivity contribution >= 4 is 6.03 Å². The molecule has 0 spiro atoms. The molecule has 1 aliphatic rings. The number of hydrogen-bond donors (Lipinski definition) is 1. The Hall–Kier alpha value is -1.59. The lowest BCUT2D eigenvalue weighted by Gasteiger charge is -2.47. The summed E-state index contributed by atoms with van der Waals surface area (Å²) >= 11 is 0. The molecule has 0 radical (unpaired) electrons. The molecule has 19 heavy (non-hydrogen) atoms. The van der Waals surface area contributed by atoms with Gasteiger partial charge in [-0.2, -0.15) is 0 Å². The topological polar surface area (TPSA) is 64.8 Å². The summed E-state index contributed by atoms with van der Waals surface area (Å²) in [6.45, 7) is 5.07. The van der Waals surface area contributed by atoms with E-state index in [4.69, 9.17) is 15.2 Å². The Bertz CT molecular complexity index is 449. The van der Waals surface area contributed by atoms with Crippen molar-refractivity contribution in [1.29, 1.82) is 0 Å². The summed E-state index contributed by atoms with van der Waals surface area (Å²) in [7, 11) is 1.58. The fraction of sp³-hybridized carbons (Fsp3) is 0.500. The fourth-order valence-electron chi connectivity index (χ4n) is 2.02. The van der Waals surface area contributed by atoms with E-state index < -0.39 is 11.9 Å². The lowest BCUT2D eigenvalue weighted by atomic mass is 9.94. The molecule has 0 saturated carbocycles. The summed E-state index contributed by atoms with van der Waals surface area (Å²) in [6, 6.07) is 8.77. The first-order valence-corrected chi connectivity index (χ1v) is 6.24. The predicted molar refractivity (Wildman–Crippen MR) is 71.2 cm³/mol. The SMILES string of the molecule is CN(C(N)=O)C1(c2ccccc2)OCC(C)(C)CO1. The molecule has 2 rings (SSSR count). The molecule has 0 unspecified atom stereocenters. The van der Waals surface area contributed by atoms with Gasteiger partial charge >= 0.3 is 6.03 Å². The zero-order chi connectivity index (χ0) is 14.1. The number of urea groups is 1. The molecule has 1 saturated heterocycles. The third-order valence-electron chi connectivity index (χ3n) is 3.23. The van der Waals surface area contributed by atoms with Crippen LogP contribution in [0.25, 0.3) is 0 Å². The van der Waals surface area contributed by atoms with Gasteiger partial charge in [-0.3, -0.25) is 4.90 Å². The molecular weight excluding hydrogens is 244 g/mol. The third-order valence-corrected chi connectivity index (χ3v) is 3.23. The molecule has 2 N–H and O–H groups in total. The molecule has 0 atom stereocenters. The molecular formula is C14H20N2O3. The molecule has 0 aliphatic carbocycles. The van der Waals surface area contributed by atoms with Crippen molar-refractivity contribution in [2.75, 3.05) is 20.3 Å². The highest BCUT2D eigenvalue weighted by Crippen LogP contribution is 2.38. The Labute approximate surface area is 113 Å². The number of nitrogens with two attached hydrogens (primary N) is 1. The van der Waals surface area contributed by atoms with Crippen molar-refractivity contribution in [2.24, 2.45) is 11.1 Å². The number of hydrogen-bond acceptors (Lipinski definition) is 3. The van der Waals surface area contributed by atoms with Gasteiger partial charge in [0.05, 0.1) is 13.2 Å². The predicted octanol–water partition coefficient (Wildman–Crippen LogP) is 1.88. The highest BCUT2D eigenvalue weighted by Gasteiger charge is 2.47. The zero-order valence-electron chi connectivity index (χ0n) is 11.6. The number of primary amides is 1. The van der Waals surface area contributed by atoms with Gasteiger partial charge in [0.15, 0.2) is 0 Å². The molecule has 1 aromatic carbocycles. The van der Waals surface area contributed by atoms with Gasteiger partial charge in [0.1, 0.15) is 0 Å². The van der Waals surface area contributed by atoms with E-state index in [1.54, 1.807) is 7.05 Å². The van der Waals surface area contributed by atoms with E-state index in [2.05, 4.69) is 0 Å². The molecule has 2 amide bonds. The first kappa shape index (κ1) is 13.8. The molecule has 0 aromatic heterocycles. The van der Waals surface area contributed by atoms with Gasteiger partial charge in [0.25, 0.3) is 5.91 Å². The Morgan fingerprint density at radius 1 is 1.21 bits per heavy atom. The number of benzene rings is 1. The molecule has 1 heterocycles. The molecule has 5 heteroatoms. The van der Waals surface area contributed by atoms with Gasteiger partial charge < -0.3 is 15.2 Å². The number of carbonyl (C=O) groups excluding carboxylic acids is 1. The van der Waals surface area contributed by atoms with Crippen LogP contribution in [0.1, 0.15) is 19.4 Å². The summed E-state index contributed by atoms with van der Waals surface area (Å²) in [5, 5.41) is 0. The molecule has 1 aromatic rings. The monoisotopic (exact) mass is 264 g/mol. The van der Waals surface area contributed by atoms with Crippen molar-refractivity contribution in [1.82, 2.24) is 4.90 Å². The molecule has 5 nitrogen and oxygen atoms in total. The van der Waals surface area contributed by atoms with Gasteiger partial charge in [-0.15, -0.1) is 0 Å².